The zero-order valence-electron chi connectivity index (χ0n) is 9.04. The van der Waals surface area contributed by atoms with Gasteiger partial charge in [-0.05, 0) is 18.4 Å². The van der Waals surface area contributed by atoms with E-state index in [4.69, 9.17) is 28.9 Å². The average Bonchev–Trinajstić information content (AvgIpc) is 2.26. The maximum Gasteiger partial charge on any atom is 0.242 e. The molecule has 0 radical (unpaired) electrons. The third kappa shape index (κ3) is 3.66. The molecule has 0 fully saturated rings. The van der Waals surface area contributed by atoms with E-state index in [0.717, 1.165) is 0 Å². The van der Waals surface area contributed by atoms with Gasteiger partial charge in [-0.2, -0.15) is 11.8 Å². The number of anilines is 1. The van der Waals surface area contributed by atoms with Gasteiger partial charge in [-0.25, -0.2) is 13.1 Å². The molecule has 1 aromatic carbocycles. The molecule has 96 valence electrons. The van der Waals surface area contributed by atoms with Crippen molar-refractivity contribution in [3.63, 3.8) is 0 Å². The summed E-state index contributed by atoms with van der Waals surface area (Å²) in [5.74, 6) is 0.680. The van der Waals surface area contributed by atoms with Crippen molar-refractivity contribution in [2.75, 3.05) is 24.3 Å². The molecule has 1 rings (SSSR count). The fourth-order valence-electron chi connectivity index (χ4n) is 1.11. The summed E-state index contributed by atoms with van der Waals surface area (Å²) in [6.45, 7) is 0.336. The van der Waals surface area contributed by atoms with Crippen molar-refractivity contribution in [1.82, 2.24) is 4.72 Å². The average molecular weight is 315 g/mol. The SMILES string of the molecule is CSCCNS(=O)(=O)c1ccc(Cl)c(N)c1Cl. The fraction of sp³-hybridized carbons (Fsp3) is 0.333. The van der Waals surface area contributed by atoms with Crippen LogP contribution in [0.1, 0.15) is 0 Å². The highest BCUT2D eigenvalue weighted by atomic mass is 35.5. The van der Waals surface area contributed by atoms with Crippen molar-refractivity contribution >= 4 is 50.7 Å². The van der Waals surface area contributed by atoms with Crippen LogP contribution in [0.4, 0.5) is 5.69 Å². The van der Waals surface area contributed by atoms with Crippen molar-refractivity contribution < 1.29 is 8.42 Å². The van der Waals surface area contributed by atoms with Crippen molar-refractivity contribution in [2.45, 2.75) is 4.90 Å². The van der Waals surface area contributed by atoms with Gasteiger partial charge in [0.25, 0.3) is 0 Å². The molecule has 0 aliphatic rings. The first-order valence-corrected chi connectivity index (χ1v) is 8.25. The molecule has 0 atom stereocenters. The van der Waals surface area contributed by atoms with E-state index in [1.807, 2.05) is 6.26 Å². The number of nitrogens with two attached hydrogens (primary N) is 1. The Kier molecular flexibility index (Phi) is 5.40. The second-order valence-corrected chi connectivity index (χ2v) is 6.67. The summed E-state index contributed by atoms with van der Waals surface area (Å²) in [5.41, 5.74) is 5.64. The van der Waals surface area contributed by atoms with Gasteiger partial charge >= 0.3 is 0 Å². The number of benzene rings is 1. The Morgan fingerprint density at radius 2 is 2.06 bits per heavy atom. The highest BCUT2D eigenvalue weighted by molar-refractivity contribution is 7.98. The maximum atomic E-state index is 11.9. The van der Waals surface area contributed by atoms with Gasteiger partial charge in [-0.3, -0.25) is 0 Å². The lowest BCUT2D eigenvalue weighted by molar-refractivity contribution is 0.584. The van der Waals surface area contributed by atoms with Crippen LogP contribution in [0.3, 0.4) is 0 Å². The number of nitrogens with one attached hydrogen (secondary N) is 1. The molecule has 0 saturated heterocycles. The van der Waals surface area contributed by atoms with Crippen LogP contribution < -0.4 is 10.5 Å². The summed E-state index contributed by atoms with van der Waals surface area (Å²) in [6, 6.07) is 2.74. The first-order chi connectivity index (χ1) is 7.90. The number of thioether (sulfide) groups is 1. The van der Waals surface area contributed by atoms with Gasteiger partial charge in [-0.15, -0.1) is 0 Å². The van der Waals surface area contributed by atoms with Gasteiger partial charge in [0, 0.05) is 12.3 Å². The zero-order valence-corrected chi connectivity index (χ0v) is 12.2. The molecule has 0 spiro atoms. The number of nitrogen functional groups attached to an aromatic ring is 1. The molecular formula is C9H12Cl2N2O2S2. The van der Waals surface area contributed by atoms with Crippen LogP contribution in [-0.4, -0.2) is 27.0 Å². The van der Waals surface area contributed by atoms with Gasteiger partial charge in [0.2, 0.25) is 10.0 Å². The molecule has 0 saturated carbocycles. The summed E-state index contributed by atoms with van der Waals surface area (Å²) in [5, 5.41) is 0.187. The quantitative estimate of drug-likeness (QED) is 0.645. The van der Waals surface area contributed by atoms with Crippen molar-refractivity contribution in [3.05, 3.63) is 22.2 Å². The van der Waals surface area contributed by atoms with E-state index in [9.17, 15) is 8.42 Å². The minimum atomic E-state index is -3.64. The molecule has 3 N–H and O–H groups in total. The summed E-state index contributed by atoms with van der Waals surface area (Å²) < 4.78 is 26.2. The van der Waals surface area contributed by atoms with Crippen LogP contribution in [0, 0.1) is 0 Å². The Labute approximate surface area is 115 Å². The van der Waals surface area contributed by atoms with E-state index in [-0.39, 0.29) is 20.6 Å². The summed E-state index contributed by atoms with van der Waals surface area (Å²) >= 11 is 13.1. The predicted octanol–water partition coefficient (Wildman–Crippen LogP) is 2.22. The molecule has 0 unspecified atom stereocenters. The van der Waals surface area contributed by atoms with Gasteiger partial charge in [0.05, 0.1) is 15.7 Å². The third-order valence-electron chi connectivity index (χ3n) is 1.98. The fourth-order valence-corrected chi connectivity index (χ4v) is 3.34. The number of hydrogen-bond donors (Lipinski definition) is 2. The van der Waals surface area contributed by atoms with E-state index in [0.29, 0.717) is 12.3 Å². The van der Waals surface area contributed by atoms with Gasteiger partial charge in [0.15, 0.2) is 0 Å². The largest absolute Gasteiger partial charge is 0.396 e. The lowest BCUT2D eigenvalue weighted by Crippen LogP contribution is -2.26. The molecule has 0 heterocycles. The van der Waals surface area contributed by atoms with Crippen LogP contribution in [0.15, 0.2) is 17.0 Å². The van der Waals surface area contributed by atoms with E-state index >= 15 is 0 Å². The van der Waals surface area contributed by atoms with Crippen molar-refractivity contribution in [1.29, 1.82) is 0 Å². The van der Waals surface area contributed by atoms with E-state index in [1.54, 1.807) is 11.8 Å². The van der Waals surface area contributed by atoms with Crippen LogP contribution in [0.5, 0.6) is 0 Å². The maximum absolute atomic E-state index is 11.9. The van der Waals surface area contributed by atoms with Crippen LogP contribution in [-0.2, 0) is 10.0 Å². The van der Waals surface area contributed by atoms with E-state index in [2.05, 4.69) is 4.72 Å². The Morgan fingerprint density at radius 1 is 1.41 bits per heavy atom. The van der Waals surface area contributed by atoms with E-state index in [1.165, 1.54) is 12.1 Å². The van der Waals surface area contributed by atoms with Crippen LogP contribution in [0.25, 0.3) is 0 Å². The lowest BCUT2D eigenvalue weighted by atomic mass is 10.3. The molecular weight excluding hydrogens is 303 g/mol. The Balaban J connectivity index is 3.04. The molecule has 1 aromatic rings. The van der Waals surface area contributed by atoms with Gasteiger partial charge < -0.3 is 5.73 Å². The minimum Gasteiger partial charge on any atom is -0.396 e. The Bertz CT molecular complexity index is 506. The summed E-state index contributed by atoms with van der Waals surface area (Å²) in [4.78, 5) is -0.0535. The molecule has 0 aromatic heterocycles. The van der Waals surface area contributed by atoms with Crippen molar-refractivity contribution in [2.24, 2.45) is 0 Å². The van der Waals surface area contributed by atoms with Gasteiger partial charge in [0.1, 0.15) is 4.90 Å². The first-order valence-electron chi connectivity index (χ1n) is 4.62. The summed E-state index contributed by atoms with van der Waals surface area (Å²) in [6.07, 6.45) is 1.89. The summed E-state index contributed by atoms with van der Waals surface area (Å²) in [7, 11) is -3.64. The topological polar surface area (TPSA) is 72.2 Å². The second-order valence-electron chi connectivity index (χ2n) is 3.16. The normalized spacial score (nSPS) is 11.7. The zero-order chi connectivity index (χ0) is 13.1. The molecule has 17 heavy (non-hydrogen) atoms. The molecule has 0 aliphatic carbocycles. The minimum absolute atomic E-state index is 0.0471. The number of halogens is 2. The second kappa shape index (κ2) is 6.15. The number of hydrogen-bond acceptors (Lipinski definition) is 4. The standard InChI is InChI=1S/C9H12Cl2N2O2S2/c1-16-5-4-13-17(14,15)7-3-2-6(10)9(12)8(7)11/h2-3,13H,4-5,12H2,1H3. The Morgan fingerprint density at radius 3 is 2.65 bits per heavy atom. The highest BCUT2D eigenvalue weighted by Gasteiger charge is 2.19. The first kappa shape index (κ1) is 14.9. The number of rotatable bonds is 5. The van der Waals surface area contributed by atoms with Crippen molar-refractivity contribution in [3.8, 4) is 0 Å². The molecule has 0 aliphatic heterocycles. The monoisotopic (exact) mass is 314 g/mol. The molecule has 8 heteroatoms. The lowest BCUT2D eigenvalue weighted by Gasteiger charge is -2.10. The van der Waals surface area contributed by atoms with E-state index < -0.39 is 10.0 Å². The Hall–Kier alpha value is -0.140. The highest BCUT2D eigenvalue weighted by Crippen LogP contribution is 2.32. The molecule has 4 nitrogen and oxygen atoms in total. The predicted molar refractivity (Wildman–Crippen MR) is 74.4 cm³/mol. The number of sulfonamides is 1. The third-order valence-corrected chi connectivity index (χ3v) is 4.94. The molecule has 0 amide bonds. The molecule has 0 bridgehead atoms. The van der Waals surface area contributed by atoms with Gasteiger partial charge in [-0.1, -0.05) is 23.2 Å². The smallest absolute Gasteiger partial charge is 0.242 e. The van der Waals surface area contributed by atoms with Crippen LogP contribution in [0.2, 0.25) is 10.0 Å². The van der Waals surface area contributed by atoms with Crippen LogP contribution >= 0.6 is 35.0 Å².